The van der Waals surface area contributed by atoms with E-state index in [1.165, 1.54) is 18.5 Å². The standard InChI is InChI=1S/C20H16Cl2FN5O/c1-3-11(2)28-8-12(9-28)29-17-6-13-16(7-24-17)25-10-26-20(13)27-15-5-4-14(21)18(22)19(15)23/h3-7,10,12H,1-2,8-9H2,(H,25,26,27). The van der Waals surface area contributed by atoms with Crippen molar-refractivity contribution in [2.45, 2.75) is 6.10 Å². The largest absolute Gasteiger partial charge is 0.471 e. The molecule has 9 heteroatoms. The summed E-state index contributed by atoms with van der Waals surface area (Å²) in [7, 11) is 0. The molecule has 1 fully saturated rings. The Morgan fingerprint density at radius 1 is 1.28 bits per heavy atom. The molecule has 1 aliphatic heterocycles. The van der Waals surface area contributed by atoms with Crippen molar-refractivity contribution in [3.05, 3.63) is 71.5 Å². The number of pyridine rings is 1. The first kappa shape index (κ1) is 19.4. The van der Waals surface area contributed by atoms with Crippen LogP contribution < -0.4 is 10.1 Å². The van der Waals surface area contributed by atoms with Crippen LogP contribution >= 0.6 is 23.2 Å². The van der Waals surface area contributed by atoms with Gasteiger partial charge < -0.3 is 15.0 Å². The Kier molecular flexibility index (Phi) is 5.25. The predicted octanol–water partition coefficient (Wildman–Crippen LogP) is 4.98. The number of anilines is 2. The molecule has 0 radical (unpaired) electrons. The molecule has 2 aromatic heterocycles. The zero-order valence-corrected chi connectivity index (χ0v) is 16.7. The molecule has 3 heterocycles. The minimum Gasteiger partial charge on any atom is -0.471 e. The number of hydrogen-bond donors (Lipinski definition) is 1. The summed E-state index contributed by atoms with van der Waals surface area (Å²) < 4.78 is 20.3. The van der Waals surface area contributed by atoms with Crippen molar-refractivity contribution in [1.82, 2.24) is 19.9 Å². The van der Waals surface area contributed by atoms with Gasteiger partial charge in [0, 0.05) is 17.1 Å². The van der Waals surface area contributed by atoms with Crippen LogP contribution in [0.15, 0.2) is 55.7 Å². The van der Waals surface area contributed by atoms with Gasteiger partial charge in [-0.3, -0.25) is 0 Å². The third-order valence-corrected chi connectivity index (χ3v) is 5.34. The summed E-state index contributed by atoms with van der Waals surface area (Å²) in [6.45, 7) is 9.03. The zero-order valence-electron chi connectivity index (χ0n) is 15.2. The lowest BCUT2D eigenvalue weighted by atomic mass is 10.1. The van der Waals surface area contributed by atoms with Crippen LogP contribution in [0, 0.1) is 5.82 Å². The maximum absolute atomic E-state index is 14.4. The van der Waals surface area contributed by atoms with E-state index in [-0.39, 0.29) is 21.8 Å². The van der Waals surface area contributed by atoms with Gasteiger partial charge in [-0.2, -0.15) is 0 Å². The maximum Gasteiger partial charge on any atom is 0.214 e. The minimum atomic E-state index is -0.659. The number of nitrogens with one attached hydrogen (secondary N) is 1. The van der Waals surface area contributed by atoms with Crippen molar-refractivity contribution in [2.75, 3.05) is 18.4 Å². The Hall–Kier alpha value is -2.90. The highest BCUT2D eigenvalue weighted by molar-refractivity contribution is 6.42. The van der Waals surface area contributed by atoms with Crippen LogP contribution in [0.1, 0.15) is 0 Å². The van der Waals surface area contributed by atoms with Gasteiger partial charge in [0.1, 0.15) is 18.2 Å². The normalized spacial score (nSPS) is 13.8. The van der Waals surface area contributed by atoms with Gasteiger partial charge in [0.25, 0.3) is 0 Å². The number of likely N-dealkylation sites (tertiary alicyclic amines) is 1. The lowest BCUT2D eigenvalue weighted by Crippen LogP contribution is -2.52. The lowest BCUT2D eigenvalue weighted by molar-refractivity contribution is 0.0439. The van der Waals surface area contributed by atoms with Crippen LogP contribution in [0.2, 0.25) is 10.0 Å². The first-order valence-electron chi connectivity index (χ1n) is 8.70. The second-order valence-corrected chi connectivity index (χ2v) is 7.24. The average molecular weight is 432 g/mol. The molecule has 0 atom stereocenters. The Morgan fingerprint density at radius 2 is 2.07 bits per heavy atom. The molecule has 1 saturated heterocycles. The van der Waals surface area contributed by atoms with Crippen molar-refractivity contribution in [3.63, 3.8) is 0 Å². The number of aromatic nitrogens is 3. The van der Waals surface area contributed by atoms with E-state index < -0.39 is 5.82 Å². The summed E-state index contributed by atoms with van der Waals surface area (Å²) in [6, 6.07) is 4.72. The molecule has 0 spiro atoms. The first-order chi connectivity index (χ1) is 14.0. The van der Waals surface area contributed by atoms with Crippen LogP contribution in [-0.4, -0.2) is 39.0 Å². The molecule has 1 aliphatic rings. The molecule has 0 unspecified atom stereocenters. The first-order valence-corrected chi connectivity index (χ1v) is 9.46. The molecule has 148 valence electrons. The highest BCUT2D eigenvalue weighted by Crippen LogP contribution is 2.33. The van der Waals surface area contributed by atoms with Gasteiger partial charge in [-0.25, -0.2) is 19.3 Å². The topological polar surface area (TPSA) is 63.2 Å². The third kappa shape index (κ3) is 3.83. The Morgan fingerprint density at radius 3 is 2.83 bits per heavy atom. The van der Waals surface area contributed by atoms with Crippen molar-refractivity contribution >= 4 is 45.6 Å². The van der Waals surface area contributed by atoms with E-state index in [4.69, 9.17) is 27.9 Å². The number of fused-ring (bicyclic) bond motifs is 1. The Bertz CT molecular complexity index is 1120. The zero-order chi connectivity index (χ0) is 20.5. The molecule has 6 nitrogen and oxygen atoms in total. The quantitative estimate of drug-likeness (QED) is 0.438. The summed E-state index contributed by atoms with van der Waals surface area (Å²) in [5.74, 6) is 0.169. The van der Waals surface area contributed by atoms with Gasteiger partial charge in [-0.15, -0.1) is 0 Å². The molecular formula is C20H16Cl2FN5O. The van der Waals surface area contributed by atoms with Gasteiger partial charge in [-0.1, -0.05) is 36.4 Å². The molecule has 3 aromatic rings. The number of hydrogen-bond acceptors (Lipinski definition) is 6. The molecular weight excluding hydrogens is 416 g/mol. The molecule has 29 heavy (non-hydrogen) atoms. The number of benzene rings is 1. The van der Waals surface area contributed by atoms with E-state index >= 15 is 0 Å². The fourth-order valence-corrected chi connectivity index (χ4v) is 3.21. The number of rotatable bonds is 6. The molecule has 0 amide bonds. The van der Waals surface area contributed by atoms with E-state index in [2.05, 4.69) is 38.3 Å². The van der Waals surface area contributed by atoms with E-state index in [9.17, 15) is 4.39 Å². The summed E-state index contributed by atoms with van der Waals surface area (Å²) >= 11 is 11.7. The van der Waals surface area contributed by atoms with Crippen LogP contribution in [0.3, 0.4) is 0 Å². The van der Waals surface area contributed by atoms with E-state index in [0.717, 1.165) is 5.70 Å². The monoisotopic (exact) mass is 431 g/mol. The molecule has 4 rings (SSSR count). The maximum atomic E-state index is 14.4. The highest BCUT2D eigenvalue weighted by Gasteiger charge is 2.28. The molecule has 0 saturated carbocycles. The number of halogens is 3. The third-order valence-electron chi connectivity index (χ3n) is 4.56. The summed E-state index contributed by atoms with van der Waals surface area (Å²) in [6.07, 6.45) is 4.65. The van der Waals surface area contributed by atoms with E-state index in [1.54, 1.807) is 18.3 Å². The minimum absolute atomic E-state index is 0.00907. The van der Waals surface area contributed by atoms with Gasteiger partial charge in [-0.05, 0) is 18.2 Å². The average Bonchev–Trinajstić information content (AvgIpc) is 2.70. The Balaban J connectivity index is 1.58. The van der Waals surface area contributed by atoms with Gasteiger partial charge in [0.2, 0.25) is 5.88 Å². The molecule has 1 aromatic carbocycles. The highest BCUT2D eigenvalue weighted by atomic mass is 35.5. The fraction of sp³-hybridized carbons (Fsp3) is 0.150. The Labute approximate surface area is 176 Å². The van der Waals surface area contributed by atoms with E-state index in [1.807, 2.05) is 0 Å². The van der Waals surface area contributed by atoms with E-state index in [0.29, 0.717) is 35.7 Å². The van der Waals surface area contributed by atoms with Crippen LogP contribution in [-0.2, 0) is 0 Å². The number of ether oxygens (including phenoxy) is 1. The van der Waals surface area contributed by atoms with Crippen LogP contribution in [0.5, 0.6) is 5.88 Å². The van der Waals surface area contributed by atoms with Gasteiger partial charge >= 0.3 is 0 Å². The summed E-state index contributed by atoms with van der Waals surface area (Å²) in [4.78, 5) is 14.8. The second-order valence-electron chi connectivity index (χ2n) is 6.45. The predicted molar refractivity (Wildman–Crippen MR) is 112 cm³/mol. The second kappa shape index (κ2) is 7.85. The summed E-state index contributed by atoms with van der Waals surface area (Å²) in [5.41, 5.74) is 1.60. The van der Waals surface area contributed by atoms with Gasteiger partial charge in [0.15, 0.2) is 5.82 Å². The van der Waals surface area contributed by atoms with Crippen molar-refractivity contribution in [3.8, 4) is 5.88 Å². The van der Waals surface area contributed by atoms with Crippen molar-refractivity contribution < 1.29 is 9.13 Å². The lowest BCUT2D eigenvalue weighted by Gasteiger charge is -2.40. The SMILES string of the molecule is C=CC(=C)N1CC(Oc2cc3c(Nc4ccc(Cl)c(Cl)c4F)ncnc3cn2)C1. The summed E-state index contributed by atoms with van der Waals surface area (Å²) in [5, 5.41) is 3.55. The fourth-order valence-electron chi connectivity index (χ4n) is 2.90. The number of allylic oxidation sites excluding steroid dienone is 1. The molecule has 0 aliphatic carbocycles. The van der Waals surface area contributed by atoms with Crippen molar-refractivity contribution in [2.24, 2.45) is 0 Å². The van der Waals surface area contributed by atoms with Crippen LogP contribution in [0.25, 0.3) is 10.9 Å². The van der Waals surface area contributed by atoms with Crippen LogP contribution in [0.4, 0.5) is 15.9 Å². The number of nitrogens with zero attached hydrogens (tertiary/aromatic N) is 4. The smallest absolute Gasteiger partial charge is 0.214 e. The molecule has 1 N–H and O–H groups in total. The van der Waals surface area contributed by atoms with Crippen molar-refractivity contribution in [1.29, 1.82) is 0 Å². The molecule has 0 bridgehead atoms. The van der Waals surface area contributed by atoms with Gasteiger partial charge in [0.05, 0.1) is 40.5 Å².